The molecule has 1 saturated heterocycles. The lowest BCUT2D eigenvalue weighted by Crippen LogP contribution is -2.36. The molecule has 1 amide bonds. The third-order valence-electron chi connectivity index (χ3n) is 3.92. The van der Waals surface area contributed by atoms with Gasteiger partial charge in [0.15, 0.2) is 9.84 Å². The van der Waals surface area contributed by atoms with E-state index in [9.17, 15) is 18.3 Å². The summed E-state index contributed by atoms with van der Waals surface area (Å²) in [6, 6.07) is 0. The maximum absolute atomic E-state index is 11.8. The van der Waals surface area contributed by atoms with Crippen molar-refractivity contribution in [1.82, 2.24) is 5.32 Å². The van der Waals surface area contributed by atoms with Gasteiger partial charge in [-0.25, -0.2) is 8.42 Å². The minimum atomic E-state index is -2.99. The molecule has 104 valence electrons. The molecule has 2 fully saturated rings. The van der Waals surface area contributed by atoms with Crippen LogP contribution in [-0.4, -0.2) is 43.6 Å². The van der Waals surface area contributed by atoms with Gasteiger partial charge in [-0.3, -0.25) is 4.79 Å². The van der Waals surface area contributed by atoms with Gasteiger partial charge >= 0.3 is 0 Å². The highest BCUT2D eigenvalue weighted by Gasteiger charge is 2.33. The van der Waals surface area contributed by atoms with Gasteiger partial charge in [0.1, 0.15) is 0 Å². The van der Waals surface area contributed by atoms with E-state index in [0.29, 0.717) is 18.9 Å². The molecule has 6 heteroatoms. The normalized spacial score (nSPS) is 35.3. The third kappa shape index (κ3) is 3.68. The summed E-state index contributed by atoms with van der Waals surface area (Å²) in [6.07, 6.45) is 3.82. The van der Waals surface area contributed by atoms with Crippen LogP contribution >= 0.6 is 0 Å². The summed E-state index contributed by atoms with van der Waals surface area (Å²) in [6.45, 7) is 0.562. The van der Waals surface area contributed by atoms with E-state index in [1.54, 1.807) is 0 Å². The zero-order valence-electron chi connectivity index (χ0n) is 10.5. The van der Waals surface area contributed by atoms with Gasteiger partial charge in [-0.15, -0.1) is 0 Å². The molecule has 3 atom stereocenters. The molecule has 0 spiro atoms. The van der Waals surface area contributed by atoms with Crippen LogP contribution < -0.4 is 5.32 Å². The Kier molecular flexibility index (Phi) is 4.27. The summed E-state index contributed by atoms with van der Waals surface area (Å²) in [5.74, 6) is -0.0605. The molecule has 1 aliphatic carbocycles. The Morgan fingerprint density at radius 3 is 2.67 bits per heavy atom. The lowest BCUT2D eigenvalue weighted by molar-refractivity contribution is -0.124. The quantitative estimate of drug-likeness (QED) is 0.764. The molecular weight excluding hydrogens is 254 g/mol. The second-order valence-electron chi connectivity index (χ2n) is 5.53. The average molecular weight is 275 g/mol. The van der Waals surface area contributed by atoms with Crippen LogP contribution in [0.25, 0.3) is 0 Å². The van der Waals surface area contributed by atoms with Gasteiger partial charge in [-0.2, -0.15) is 0 Å². The van der Waals surface area contributed by atoms with Crippen molar-refractivity contribution < 1.29 is 18.3 Å². The average Bonchev–Trinajstić information content (AvgIpc) is 2.67. The van der Waals surface area contributed by atoms with Crippen molar-refractivity contribution in [3.63, 3.8) is 0 Å². The van der Waals surface area contributed by atoms with Crippen LogP contribution in [0.3, 0.4) is 0 Å². The van der Waals surface area contributed by atoms with Gasteiger partial charge in [0, 0.05) is 6.54 Å². The number of carbonyl (C=O) groups is 1. The summed E-state index contributed by atoms with van der Waals surface area (Å²) in [4.78, 5) is 11.8. The first-order valence-electron chi connectivity index (χ1n) is 6.62. The maximum atomic E-state index is 11.8. The Bertz CT molecular complexity index is 406. The van der Waals surface area contributed by atoms with Crippen LogP contribution in [0.2, 0.25) is 0 Å². The van der Waals surface area contributed by atoms with Crippen molar-refractivity contribution in [2.75, 3.05) is 18.1 Å². The molecule has 0 aromatic heterocycles. The van der Waals surface area contributed by atoms with Crippen molar-refractivity contribution in [1.29, 1.82) is 0 Å². The first-order chi connectivity index (χ1) is 8.46. The number of nitrogens with one attached hydrogen (secondary N) is 1. The van der Waals surface area contributed by atoms with Crippen LogP contribution in [0.4, 0.5) is 0 Å². The van der Waals surface area contributed by atoms with Crippen LogP contribution in [0.15, 0.2) is 0 Å². The molecule has 1 aliphatic heterocycles. The number of aliphatic hydroxyl groups excluding tert-OH is 1. The van der Waals surface area contributed by atoms with E-state index in [4.69, 9.17) is 0 Å². The number of rotatable bonds is 3. The molecule has 2 aliphatic rings. The van der Waals surface area contributed by atoms with Gasteiger partial charge in [0.2, 0.25) is 5.91 Å². The monoisotopic (exact) mass is 275 g/mol. The van der Waals surface area contributed by atoms with E-state index in [0.717, 1.165) is 25.7 Å². The van der Waals surface area contributed by atoms with Crippen LogP contribution in [-0.2, 0) is 14.6 Å². The van der Waals surface area contributed by atoms with Crippen LogP contribution in [0.1, 0.15) is 32.1 Å². The van der Waals surface area contributed by atoms with Gasteiger partial charge in [0.25, 0.3) is 0 Å². The number of carbonyl (C=O) groups excluding carboxylic acids is 1. The standard InChI is InChI=1S/C12H21NO4S/c14-11-3-1-2-9(6-11)7-13-12(15)10-4-5-18(16,17)8-10/h9-11,14H,1-8H2,(H,13,15). The van der Waals surface area contributed by atoms with Gasteiger partial charge < -0.3 is 10.4 Å². The van der Waals surface area contributed by atoms with Crippen LogP contribution in [0.5, 0.6) is 0 Å². The van der Waals surface area contributed by atoms with Crippen molar-refractivity contribution >= 4 is 15.7 Å². The molecule has 2 N–H and O–H groups in total. The van der Waals surface area contributed by atoms with E-state index in [-0.39, 0.29) is 29.4 Å². The number of sulfone groups is 1. The Hall–Kier alpha value is -0.620. The second kappa shape index (κ2) is 5.57. The molecular formula is C12H21NO4S. The van der Waals surface area contributed by atoms with Crippen molar-refractivity contribution in [3.05, 3.63) is 0 Å². The lowest BCUT2D eigenvalue weighted by Gasteiger charge is -2.26. The first kappa shape index (κ1) is 13.8. The summed E-state index contributed by atoms with van der Waals surface area (Å²) >= 11 is 0. The molecule has 1 saturated carbocycles. The Morgan fingerprint density at radius 2 is 2.06 bits per heavy atom. The fourth-order valence-corrected chi connectivity index (χ4v) is 4.58. The lowest BCUT2D eigenvalue weighted by atomic mass is 9.87. The topological polar surface area (TPSA) is 83.5 Å². The molecule has 0 aromatic rings. The van der Waals surface area contributed by atoms with E-state index < -0.39 is 9.84 Å². The number of amides is 1. The predicted octanol–water partition coefficient (Wildman–Crippen LogP) is 0.0884. The molecule has 1 heterocycles. The van der Waals surface area contributed by atoms with E-state index in [1.807, 2.05) is 0 Å². The van der Waals surface area contributed by atoms with Crippen molar-refractivity contribution in [3.8, 4) is 0 Å². The highest BCUT2D eigenvalue weighted by atomic mass is 32.2. The van der Waals surface area contributed by atoms with Crippen molar-refractivity contribution in [2.24, 2.45) is 11.8 Å². The van der Waals surface area contributed by atoms with E-state index >= 15 is 0 Å². The molecule has 0 radical (unpaired) electrons. The summed E-state index contributed by atoms with van der Waals surface area (Å²) in [7, 11) is -2.99. The zero-order valence-corrected chi connectivity index (χ0v) is 11.3. The summed E-state index contributed by atoms with van der Waals surface area (Å²) in [5.41, 5.74) is 0. The SMILES string of the molecule is O=C(NCC1CCCC(O)C1)C1CCS(=O)(=O)C1. The molecule has 3 unspecified atom stereocenters. The smallest absolute Gasteiger partial charge is 0.224 e. The van der Waals surface area contributed by atoms with Gasteiger partial charge in [-0.05, 0) is 31.6 Å². The largest absolute Gasteiger partial charge is 0.393 e. The zero-order chi connectivity index (χ0) is 13.2. The summed E-state index contributed by atoms with van der Waals surface area (Å²) < 4.78 is 22.6. The van der Waals surface area contributed by atoms with E-state index in [1.165, 1.54) is 0 Å². The number of hydrogen-bond donors (Lipinski definition) is 2. The minimum absolute atomic E-state index is 0.00781. The molecule has 5 nitrogen and oxygen atoms in total. The van der Waals surface area contributed by atoms with Gasteiger partial charge in [0.05, 0.1) is 23.5 Å². The fraction of sp³-hybridized carbons (Fsp3) is 0.917. The number of aliphatic hydroxyl groups is 1. The highest BCUT2D eigenvalue weighted by Crippen LogP contribution is 2.24. The van der Waals surface area contributed by atoms with Crippen LogP contribution in [0, 0.1) is 11.8 Å². The molecule has 18 heavy (non-hydrogen) atoms. The highest BCUT2D eigenvalue weighted by molar-refractivity contribution is 7.91. The predicted molar refractivity (Wildman–Crippen MR) is 67.7 cm³/mol. The third-order valence-corrected chi connectivity index (χ3v) is 5.69. The Labute approximate surface area is 108 Å². The Morgan fingerprint density at radius 1 is 1.28 bits per heavy atom. The molecule has 0 bridgehead atoms. The van der Waals surface area contributed by atoms with Crippen molar-refractivity contribution in [2.45, 2.75) is 38.2 Å². The summed E-state index contributed by atoms with van der Waals surface area (Å²) in [5, 5.41) is 12.4. The minimum Gasteiger partial charge on any atom is -0.393 e. The first-order valence-corrected chi connectivity index (χ1v) is 8.44. The maximum Gasteiger partial charge on any atom is 0.224 e. The molecule has 2 rings (SSSR count). The molecule has 0 aromatic carbocycles. The number of hydrogen-bond acceptors (Lipinski definition) is 4. The second-order valence-corrected chi connectivity index (χ2v) is 7.76. The Balaban J connectivity index is 1.75. The van der Waals surface area contributed by atoms with E-state index in [2.05, 4.69) is 5.32 Å². The fourth-order valence-electron chi connectivity index (χ4n) is 2.84. The van der Waals surface area contributed by atoms with Gasteiger partial charge in [-0.1, -0.05) is 6.42 Å².